The number of nitrogens with zero attached hydrogens (tertiary/aromatic N) is 4. The van der Waals surface area contributed by atoms with E-state index in [-0.39, 0.29) is 10.2 Å². The van der Waals surface area contributed by atoms with Crippen LogP contribution in [-0.2, 0) is 11.4 Å². The first-order valence-corrected chi connectivity index (χ1v) is 12.5. The summed E-state index contributed by atoms with van der Waals surface area (Å²) in [6.45, 7) is 12.3. The Morgan fingerprint density at radius 3 is 2.72 bits per heavy atom. The number of hydrogen-bond acceptors (Lipinski definition) is 5. The minimum Gasteiger partial charge on any atom is -0.593 e. The van der Waals surface area contributed by atoms with Gasteiger partial charge in [0.25, 0.3) is 0 Å². The minimum absolute atomic E-state index is 0.264. The highest BCUT2D eigenvalue weighted by atomic mass is 127. The van der Waals surface area contributed by atoms with Crippen LogP contribution in [0.4, 0.5) is 5.95 Å². The monoisotopic (exact) mass is 527 g/mol. The van der Waals surface area contributed by atoms with Crippen LogP contribution >= 0.6 is 22.6 Å². The van der Waals surface area contributed by atoms with Gasteiger partial charge in [0.15, 0.2) is 5.65 Å². The largest absolute Gasteiger partial charge is 0.593 e. The zero-order chi connectivity index (χ0) is 20.8. The predicted octanol–water partition coefficient (Wildman–Crippen LogP) is 4.29. The molecular weight excluding hydrogens is 497 g/mol. The summed E-state index contributed by atoms with van der Waals surface area (Å²) in [5, 5.41) is 0. The number of rotatable bonds is 4. The van der Waals surface area contributed by atoms with E-state index in [4.69, 9.17) is 4.98 Å². The highest BCUT2D eigenvalue weighted by molar-refractivity contribution is 14.1. The molecular formula is C21H30IN5OS. The number of aromatic nitrogens is 3. The number of imidazole rings is 1. The van der Waals surface area contributed by atoms with Crippen molar-refractivity contribution in [1.82, 2.24) is 19.1 Å². The summed E-state index contributed by atoms with van der Waals surface area (Å²) in [5.74, 6) is 1.38. The van der Waals surface area contributed by atoms with Gasteiger partial charge in [-0.2, -0.15) is 0 Å². The molecule has 2 aliphatic rings. The molecule has 0 aromatic carbocycles. The molecule has 4 rings (SSSR count). The average Bonchev–Trinajstić information content (AvgIpc) is 3.30. The highest BCUT2D eigenvalue weighted by Crippen LogP contribution is 2.53. The summed E-state index contributed by atoms with van der Waals surface area (Å²) in [4.78, 5) is 11.6. The zero-order valence-electron chi connectivity index (χ0n) is 17.4. The lowest BCUT2D eigenvalue weighted by atomic mass is 9.69. The van der Waals surface area contributed by atoms with Crippen LogP contribution in [-0.4, -0.2) is 36.8 Å². The third-order valence-electron chi connectivity index (χ3n) is 6.51. The van der Waals surface area contributed by atoms with Gasteiger partial charge in [-0.15, -0.1) is 0 Å². The molecule has 6 nitrogen and oxygen atoms in total. The molecule has 0 radical (unpaired) electrons. The topological polar surface area (TPSA) is 68.5 Å². The van der Waals surface area contributed by atoms with E-state index in [1.54, 1.807) is 0 Å². The smallest absolute Gasteiger partial charge is 0.211 e. The van der Waals surface area contributed by atoms with Crippen molar-refractivity contribution in [3.8, 4) is 0 Å². The van der Waals surface area contributed by atoms with Gasteiger partial charge in [0.1, 0.15) is 4.75 Å². The zero-order valence-corrected chi connectivity index (χ0v) is 20.4. The summed E-state index contributed by atoms with van der Waals surface area (Å²) >= 11 is 1.17. The van der Waals surface area contributed by atoms with Crippen molar-refractivity contribution < 1.29 is 4.55 Å². The summed E-state index contributed by atoms with van der Waals surface area (Å²) in [6.07, 6.45) is 11.6. The highest BCUT2D eigenvalue weighted by Gasteiger charge is 2.47. The summed E-state index contributed by atoms with van der Waals surface area (Å²) < 4.78 is 18.7. The van der Waals surface area contributed by atoms with Crippen LogP contribution in [0.1, 0.15) is 52.9 Å². The summed E-state index contributed by atoms with van der Waals surface area (Å²) in [5.41, 5.74) is 2.20. The van der Waals surface area contributed by atoms with E-state index in [0.717, 1.165) is 53.2 Å². The van der Waals surface area contributed by atoms with Gasteiger partial charge in [-0.25, -0.2) is 14.7 Å². The molecule has 8 heteroatoms. The van der Waals surface area contributed by atoms with E-state index in [0.29, 0.717) is 5.92 Å². The fourth-order valence-corrected chi connectivity index (χ4v) is 6.11. The fraction of sp³-hybridized carbons (Fsp3) is 0.619. The third kappa shape index (κ3) is 3.99. The normalized spacial score (nSPS) is 22.9. The Labute approximate surface area is 190 Å². The van der Waals surface area contributed by atoms with Crippen LogP contribution in [0.15, 0.2) is 30.9 Å². The van der Waals surface area contributed by atoms with Gasteiger partial charge in [0.05, 0.1) is 20.6 Å². The van der Waals surface area contributed by atoms with Crippen LogP contribution in [0.5, 0.6) is 0 Å². The van der Waals surface area contributed by atoms with Crippen molar-refractivity contribution in [2.45, 2.75) is 57.6 Å². The molecule has 0 bridgehead atoms. The standard InChI is InChI=1S/C21H30IN5OS/c1-15(25-29(28)20(2,3)4)16-6-5-7-21(16)8-11-26(12-9-21)19-24-14-17(22)18-23-10-13-27(18)19/h10,13-14,16,25H,1,5-9,11-12H2,2-4H3. The lowest BCUT2D eigenvalue weighted by Gasteiger charge is -2.44. The third-order valence-corrected chi connectivity index (χ3v) is 8.83. The molecule has 158 valence electrons. The number of allylic oxidation sites excluding steroid dienone is 1. The van der Waals surface area contributed by atoms with Crippen molar-refractivity contribution in [1.29, 1.82) is 0 Å². The molecule has 2 aromatic rings. The fourth-order valence-electron chi connectivity index (χ4n) is 4.89. The molecule has 2 unspecified atom stereocenters. The Hall–Kier alpha value is -1.00. The Kier molecular flexibility index (Phi) is 5.80. The molecule has 1 N–H and O–H groups in total. The van der Waals surface area contributed by atoms with Crippen molar-refractivity contribution in [2.75, 3.05) is 18.0 Å². The van der Waals surface area contributed by atoms with E-state index < -0.39 is 11.4 Å². The maximum absolute atomic E-state index is 12.6. The van der Waals surface area contributed by atoms with Gasteiger partial charge in [-0.1, -0.05) is 13.0 Å². The van der Waals surface area contributed by atoms with Gasteiger partial charge in [-0.05, 0) is 74.5 Å². The Balaban J connectivity index is 1.48. The number of anilines is 1. The summed E-state index contributed by atoms with van der Waals surface area (Å²) in [6, 6.07) is 0. The summed E-state index contributed by atoms with van der Waals surface area (Å²) in [7, 11) is 0. The average molecular weight is 527 g/mol. The SMILES string of the molecule is C=C(N[S+]([O-])C(C)(C)C)C1CCCC12CCN(c1ncc(I)c3nccn13)CC2. The van der Waals surface area contributed by atoms with Crippen LogP contribution in [0.3, 0.4) is 0 Å². The van der Waals surface area contributed by atoms with Gasteiger partial charge in [0.2, 0.25) is 5.95 Å². The van der Waals surface area contributed by atoms with E-state index in [9.17, 15) is 4.55 Å². The molecule has 1 aliphatic carbocycles. The maximum atomic E-state index is 12.6. The number of halogens is 1. The molecule has 1 spiro atoms. The first kappa shape index (κ1) is 21.2. The van der Waals surface area contributed by atoms with Crippen LogP contribution in [0.25, 0.3) is 5.65 Å². The lowest BCUT2D eigenvalue weighted by Crippen LogP contribution is -2.46. The minimum atomic E-state index is -1.12. The number of fused-ring (bicyclic) bond motifs is 1. The first-order valence-electron chi connectivity index (χ1n) is 10.3. The first-order chi connectivity index (χ1) is 13.7. The van der Waals surface area contributed by atoms with E-state index in [1.807, 2.05) is 39.4 Å². The second-order valence-electron chi connectivity index (χ2n) is 9.33. The molecule has 3 heterocycles. The number of hydrogen-bond donors (Lipinski definition) is 1. The predicted molar refractivity (Wildman–Crippen MR) is 127 cm³/mol. The van der Waals surface area contributed by atoms with E-state index >= 15 is 0 Å². The van der Waals surface area contributed by atoms with Gasteiger partial charge >= 0.3 is 0 Å². The van der Waals surface area contributed by atoms with Crippen molar-refractivity contribution >= 4 is 45.5 Å². The van der Waals surface area contributed by atoms with Gasteiger partial charge in [0, 0.05) is 37.6 Å². The van der Waals surface area contributed by atoms with E-state index in [1.165, 1.54) is 12.8 Å². The second kappa shape index (κ2) is 7.92. The Morgan fingerprint density at radius 2 is 2.03 bits per heavy atom. The molecule has 29 heavy (non-hydrogen) atoms. The molecule has 1 aliphatic heterocycles. The Morgan fingerprint density at radius 1 is 1.31 bits per heavy atom. The van der Waals surface area contributed by atoms with Crippen LogP contribution in [0.2, 0.25) is 0 Å². The molecule has 2 atom stereocenters. The lowest BCUT2D eigenvalue weighted by molar-refractivity contribution is 0.169. The molecule has 0 amide bonds. The molecule has 1 saturated heterocycles. The van der Waals surface area contributed by atoms with Crippen molar-refractivity contribution in [3.63, 3.8) is 0 Å². The number of nitrogens with one attached hydrogen (secondary N) is 1. The van der Waals surface area contributed by atoms with Gasteiger partial charge < -0.3 is 9.45 Å². The maximum Gasteiger partial charge on any atom is 0.211 e. The van der Waals surface area contributed by atoms with Crippen LogP contribution < -0.4 is 9.62 Å². The van der Waals surface area contributed by atoms with E-state index in [2.05, 4.69) is 48.2 Å². The second-order valence-corrected chi connectivity index (χ2v) is 12.5. The molecule has 2 aromatic heterocycles. The Bertz CT molecular complexity index is 900. The quantitative estimate of drug-likeness (QED) is 0.475. The van der Waals surface area contributed by atoms with Crippen LogP contribution in [0, 0.1) is 14.9 Å². The van der Waals surface area contributed by atoms with Gasteiger partial charge in [-0.3, -0.25) is 4.40 Å². The molecule has 1 saturated carbocycles. The molecule has 2 fully saturated rings. The van der Waals surface area contributed by atoms with Crippen molar-refractivity contribution in [2.24, 2.45) is 11.3 Å². The number of piperidine rings is 1. The van der Waals surface area contributed by atoms with Crippen molar-refractivity contribution in [3.05, 3.63) is 34.4 Å².